The van der Waals surface area contributed by atoms with Crippen molar-refractivity contribution < 1.29 is 9.90 Å². The molecule has 1 aromatic rings. The Morgan fingerprint density at radius 1 is 1.17 bits per heavy atom. The van der Waals surface area contributed by atoms with Crippen LogP contribution in [0.1, 0.15) is 51.5 Å². The fraction of sp³-hybridized carbons (Fsp3) is 0.562. The zero-order valence-corrected chi connectivity index (χ0v) is 11.6. The first-order chi connectivity index (χ1) is 8.54. The van der Waals surface area contributed by atoms with Gasteiger partial charge in [-0.3, -0.25) is 4.79 Å². The third-order valence-corrected chi connectivity index (χ3v) is 3.44. The van der Waals surface area contributed by atoms with Gasteiger partial charge in [-0.2, -0.15) is 0 Å². The Bertz CT molecular complexity index is 357. The Kier molecular flexibility index (Phi) is 5.90. The van der Waals surface area contributed by atoms with Crippen molar-refractivity contribution in [3.63, 3.8) is 0 Å². The van der Waals surface area contributed by atoms with Crippen LogP contribution in [0.15, 0.2) is 30.3 Å². The number of benzene rings is 1. The molecule has 100 valence electrons. The molecule has 2 atom stereocenters. The predicted octanol–water partition coefficient (Wildman–Crippen LogP) is 4.32. The summed E-state index contributed by atoms with van der Waals surface area (Å²) in [4.78, 5) is 11.2. The largest absolute Gasteiger partial charge is 0.481 e. The maximum atomic E-state index is 11.2. The van der Waals surface area contributed by atoms with E-state index >= 15 is 0 Å². The van der Waals surface area contributed by atoms with Gasteiger partial charge in [-0.1, -0.05) is 51.1 Å². The highest BCUT2D eigenvalue weighted by molar-refractivity contribution is 5.70. The fourth-order valence-electron chi connectivity index (χ4n) is 2.45. The van der Waals surface area contributed by atoms with Gasteiger partial charge in [-0.25, -0.2) is 0 Å². The lowest BCUT2D eigenvalue weighted by molar-refractivity contribution is -0.142. The smallest absolute Gasteiger partial charge is 0.306 e. The number of hydrogen-bond acceptors (Lipinski definition) is 1. The molecule has 0 saturated heterocycles. The highest BCUT2D eigenvalue weighted by Gasteiger charge is 2.22. The first kappa shape index (κ1) is 14.7. The van der Waals surface area contributed by atoms with Gasteiger partial charge < -0.3 is 5.11 Å². The summed E-state index contributed by atoms with van der Waals surface area (Å²) in [5.41, 5.74) is 1.27. The van der Waals surface area contributed by atoms with E-state index in [1.54, 1.807) is 0 Å². The number of aliphatic carboxylic acids is 1. The van der Waals surface area contributed by atoms with Crippen LogP contribution in [0.4, 0.5) is 0 Å². The van der Waals surface area contributed by atoms with Crippen molar-refractivity contribution >= 4 is 5.97 Å². The molecule has 0 aromatic heterocycles. The number of carbonyl (C=O) groups is 1. The number of hydrogen-bond donors (Lipinski definition) is 1. The Balaban J connectivity index is 2.82. The summed E-state index contributed by atoms with van der Waals surface area (Å²) in [6, 6.07) is 10.3. The second kappa shape index (κ2) is 7.20. The molecule has 0 aliphatic rings. The van der Waals surface area contributed by atoms with Crippen LogP contribution in [0.25, 0.3) is 0 Å². The molecule has 0 fully saturated rings. The Labute approximate surface area is 110 Å². The lowest BCUT2D eigenvalue weighted by Gasteiger charge is -2.22. The molecule has 2 nitrogen and oxygen atoms in total. The van der Waals surface area contributed by atoms with E-state index in [9.17, 15) is 9.90 Å². The molecule has 0 bridgehead atoms. The Morgan fingerprint density at radius 3 is 2.22 bits per heavy atom. The lowest BCUT2D eigenvalue weighted by atomic mass is 9.82. The van der Waals surface area contributed by atoms with Gasteiger partial charge in [-0.15, -0.1) is 0 Å². The van der Waals surface area contributed by atoms with Crippen LogP contribution in [0, 0.1) is 11.8 Å². The van der Waals surface area contributed by atoms with E-state index in [4.69, 9.17) is 0 Å². The fourth-order valence-corrected chi connectivity index (χ4v) is 2.45. The first-order valence-electron chi connectivity index (χ1n) is 6.82. The van der Waals surface area contributed by atoms with Gasteiger partial charge in [0.25, 0.3) is 0 Å². The molecule has 1 aromatic carbocycles. The number of carboxylic acids is 1. The molecule has 0 aliphatic carbocycles. The molecule has 0 spiro atoms. The molecule has 2 heteroatoms. The highest BCUT2D eigenvalue weighted by Crippen LogP contribution is 2.31. The minimum atomic E-state index is -0.665. The van der Waals surface area contributed by atoms with Gasteiger partial charge in [0.15, 0.2) is 0 Å². The van der Waals surface area contributed by atoms with Gasteiger partial charge in [0.05, 0.1) is 5.92 Å². The minimum Gasteiger partial charge on any atom is -0.481 e. The van der Waals surface area contributed by atoms with E-state index < -0.39 is 5.97 Å². The monoisotopic (exact) mass is 248 g/mol. The summed E-state index contributed by atoms with van der Waals surface area (Å²) in [6.45, 7) is 6.34. The zero-order valence-electron chi connectivity index (χ0n) is 11.6. The van der Waals surface area contributed by atoms with Crippen molar-refractivity contribution in [3.05, 3.63) is 35.9 Å². The molecule has 0 aliphatic heterocycles. The standard InChI is InChI=1S/C16H24O2/c1-4-13(16(17)18)11-15(10-12(2)3)14-8-6-5-7-9-14/h5-9,12-13,15H,4,10-11H2,1-3H3,(H,17,18)/t13-,15+/m0/s1. The third kappa shape index (κ3) is 4.52. The molecule has 18 heavy (non-hydrogen) atoms. The maximum absolute atomic E-state index is 11.2. The topological polar surface area (TPSA) is 37.3 Å². The average molecular weight is 248 g/mol. The first-order valence-corrected chi connectivity index (χ1v) is 6.82. The van der Waals surface area contributed by atoms with Crippen molar-refractivity contribution in [1.29, 1.82) is 0 Å². The quantitative estimate of drug-likeness (QED) is 0.780. The van der Waals surface area contributed by atoms with Crippen molar-refractivity contribution in [2.45, 2.75) is 46.0 Å². The van der Waals surface area contributed by atoms with Crippen molar-refractivity contribution in [3.8, 4) is 0 Å². The summed E-state index contributed by atoms with van der Waals surface area (Å²) in [5.74, 6) is 0.0462. The van der Waals surface area contributed by atoms with Crippen molar-refractivity contribution in [1.82, 2.24) is 0 Å². The van der Waals surface area contributed by atoms with Gasteiger partial charge in [-0.05, 0) is 36.7 Å². The van der Waals surface area contributed by atoms with E-state index in [-0.39, 0.29) is 5.92 Å². The van der Waals surface area contributed by atoms with Gasteiger partial charge in [0.1, 0.15) is 0 Å². The summed E-state index contributed by atoms with van der Waals surface area (Å²) < 4.78 is 0. The van der Waals surface area contributed by atoms with E-state index in [0.29, 0.717) is 18.3 Å². The van der Waals surface area contributed by atoms with Crippen LogP contribution in [-0.4, -0.2) is 11.1 Å². The van der Waals surface area contributed by atoms with Crippen LogP contribution < -0.4 is 0 Å². The molecule has 0 radical (unpaired) electrons. The Hall–Kier alpha value is -1.31. The summed E-state index contributed by atoms with van der Waals surface area (Å²) in [6.07, 6.45) is 2.50. The van der Waals surface area contributed by atoms with E-state index in [2.05, 4.69) is 26.0 Å². The van der Waals surface area contributed by atoms with Crippen LogP contribution in [0.5, 0.6) is 0 Å². The van der Waals surface area contributed by atoms with Gasteiger partial charge >= 0.3 is 5.97 Å². The summed E-state index contributed by atoms with van der Waals surface area (Å²) >= 11 is 0. The van der Waals surface area contributed by atoms with Gasteiger partial charge in [0, 0.05) is 0 Å². The second-order valence-corrected chi connectivity index (χ2v) is 5.42. The summed E-state index contributed by atoms with van der Waals surface area (Å²) in [5, 5.41) is 9.20. The summed E-state index contributed by atoms with van der Waals surface area (Å²) in [7, 11) is 0. The van der Waals surface area contributed by atoms with Crippen LogP contribution in [-0.2, 0) is 4.79 Å². The molecule has 0 heterocycles. The lowest BCUT2D eigenvalue weighted by Crippen LogP contribution is -2.17. The predicted molar refractivity (Wildman–Crippen MR) is 74.7 cm³/mol. The molecule has 0 amide bonds. The third-order valence-electron chi connectivity index (χ3n) is 3.44. The zero-order chi connectivity index (χ0) is 13.5. The number of carboxylic acid groups (broad SMARTS) is 1. The molecule has 1 N–H and O–H groups in total. The van der Waals surface area contributed by atoms with Crippen LogP contribution in [0.2, 0.25) is 0 Å². The van der Waals surface area contributed by atoms with E-state index in [0.717, 1.165) is 12.8 Å². The SMILES string of the molecule is CC[C@@H](C[C@@H](CC(C)C)c1ccccc1)C(=O)O. The van der Waals surface area contributed by atoms with E-state index in [1.165, 1.54) is 5.56 Å². The van der Waals surface area contributed by atoms with Crippen molar-refractivity contribution in [2.75, 3.05) is 0 Å². The second-order valence-electron chi connectivity index (χ2n) is 5.42. The molecule has 0 unspecified atom stereocenters. The minimum absolute atomic E-state index is 0.228. The van der Waals surface area contributed by atoms with Gasteiger partial charge in [0.2, 0.25) is 0 Å². The molecule has 0 saturated carbocycles. The van der Waals surface area contributed by atoms with Crippen molar-refractivity contribution in [2.24, 2.45) is 11.8 Å². The molecule has 1 rings (SSSR count). The number of rotatable bonds is 7. The Morgan fingerprint density at radius 2 is 1.78 bits per heavy atom. The molecular formula is C16H24O2. The van der Waals surface area contributed by atoms with Crippen LogP contribution >= 0.6 is 0 Å². The average Bonchev–Trinajstić information content (AvgIpc) is 2.34. The highest BCUT2D eigenvalue weighted by atomic mass is 16.4. The normalized spacial score (nSPS) is 14.4. The van der Waals surface area contributed by atoms with Crippen LogP contribution in [0.3, 0.4) is 0 Å². The van der Waals surface area contributed by atoms with E-state index in [1.807, 2.05) is 25.1 Å². The molecular weight excluding hydrogens is 224 g/mol. The maximum Gasteiger partial charge on any atom is 0.306 e.